The van der Waals surface area contributed by atoms with Gasteiger partial charge in [0.25, 0.3) is 0 Å². The van der Waals surface area contributed by atoms with E-state index in [-0.39, 0.29) is 30.2 Å². The summed E-state index contributed by atoms with van der Waals surface area (Å²) in [5.74, 6) is 0.357. The molecule has 0 fully saturated rings. The highest BCUT2D eigenvalue weighted by atomic mass is 32.1. The topological polar surface area (TPSA) is 65.5 Å². The Morgan fingerprint density at radius 3 is 2.52 bits per heavy atom. The number of benzene rings is 2. The van der Waals surface area contributed by atoms with Crippen molar-refractivity contribution in [2.24, 2.45) is 0 Å². The number of Topliss-reactive ketones (excluding diaryl/α,β-unsaturated/α-hetero) is 2. The highest BCUT2D eigenvalue weighted by Gasteiger charge is 2.18. The molecule has 2 heterocycles. The first-order chi connectivity index (χ1) is 15.0. The normalized spacial score (nSPS) is 10.9. The van der Waals surface area contributed by atoms with Gasteiger partial charge in [-0.15, -0.1) is 22.7 Å². The first-order valence-corrected chi connectivity index (χ1v) is 11.2. The van der Waals surface area contributed by atoms with Crippen molar-refractivity contribution in [3.63, 3.8) is 0 Å². The molecule has 0 radical (unpaired) electrons. The van der Waals surface area contributed by atoms with Crippen molar-refractivity contribution in [2.45, 2.75) is 12.8 Å². The molecule has 5 nitrogen and oxygen atoms in total. The molecule has 0 spiro atoms. The number of hydrogen-bond acceptors (Lipinski definition) is 7. The van der Waals surface area contributed by atoms with Crippen LogP contribution in [-0.4, -0.2) is 30.8 Å². The maximum atomic E-state index is 13.9. The van der Waals surface area contributed by atoms with Crippen LogP contribution < -0.4 is 9.47 Å². The molecule has 0 aliphatic rings. The van der Waals surface area contributed by atoms with Gasteiger partial charge in [0.2, 0.25) is 0 Å². The average molecular weight is 456 g/mol. The summed E-state index contributed by atoms with van der Waals surface area (Å²) in [5, 5.41) is 4.97. The van der Waals surface area contributed by atoms with Gasteiger partial charge in [-0.3, -0.25) is 9.59 Å². The van der Waals surface area contributed by atoms with Crippen LogP contribution in [-0.2, 0) is 0 Å². The summed E-state index contributed by atoms with van der Waals surface area (Å²) in [5.41, 5.74) is 1.58. The summed E-state index contributed by atoms with van der Waals surface area (Å²) >= 11 is 2.65. The smallest absolute Gasteiger partial charge is 0.182 e. The first-order valence-electron chi connectivity index (χ1n) is 9.42. The molecule has 0 amide bonds. The van der Waals surface area contributed by atoms with Crippen molar-refractivity contribution in [3.8, 4) is 22.1 Å². The highest BCUT2D eigenvalue weighted by Crippen LogP contribution is 2.37. The van der Waals surface area contributed by atoms with Crippen molar-refractivity contribution < 1.29 is 23.5 Å². The van der Waals surface area contributed by atoms with Crippen LogP contribution >= 0.6 is 22.7 Å². The number of rotatable bonds is 8. The van der Waals surface area contributed by atoms with Crippen molar-refractivity contribution in [1.82, 2.24) is 4.98 Å². The second-order valence-electron chi connectivity index (χ2n) is 6.72. The van der Waals surface area contributed by atoms with Crippen LogP contribution in [0.1, 0.15) is 33.7 Å². The maximum Gasteiger partial charge on any atom is 0.182 e. The molecule has 31 heavy (non-hydrogen) atoms. The van der Waals surface area contributed by atoms with Crippen molar-refractivity contribution in [2.75, 3.05) is 14.2 Å². The van der Waals surface area contributed by atoms with Crippen LogP contribution in [0.4, 0.5) is 4.39 Å². The highest BCUT2D eigenvalue weighted by molar-refractivity contribution is 7.19. The summed E-state index contributed by atoms with van der Waals surface area (Å²) in [6, 6.07) is 9.84. The third-order valence-corrected chi connectivity index (χ3v) is 6.74. The molecule has 4 rings (SSSR count). The molecule has 0 atom stereocenters. The van der Waals surface area contributed by atoms with E-state index in [1.807, 2.05) is 11.4 Å². The fraction of sp³-hybridized carbons (Fsp3) is 0.174. The number of carbonyl (C=O) groups excluding carboxylic acids is 2. The predicted octanol–water partition coefficient (Wildman–Crippen LogP) is 6.03. The number of thiophene rings is 1. The number of hydrogen-bond donors (Lipinski definition) is 0. The first kappa shape index (κ1) is 21.1. The van der Waals surface area contributed by atoms with E-state index in [0.717, 1.165) is 10.9 Å². The number of methoxy groups -OCH3 is 2. The lowest BCUT2D eigenvalue weighted by Crippen LogP contribution is -2.06. The molecular weight excluding hydrogens is 437 g/mol. The standard InChI is InChI=1S/C23H18FNO4S2/c1-28-20-9-6-13(10-21(20)29-2)18(26)7-8-19(27)17-12-31-23(25-17)15-11-30-22-14(15)4-3-5-16(22)24/h3-6,9-12H,7-8H2,1-2H3. The predicted molar refractivity (Wildman–Crippen MR) is 120 cm³/mol. The second-order valence-corrected chi connectivity index (χ2v) is 8.46. The Bertz CT molecular complexity index is 1280. The van der Waals surface area contributed by atoms with Crippen molar-refractivity contribution in [3.05, 3.63) is 64.2 Å². The Morgan fingerprint density at radius 2 is 1.74 bits per heavy atom. The molecule has 0 saturated heterocycles. The fourth-order valence-corrected chi connectivity index (χ4v) is 5.11. The SMILES string of the molecule is COc1ccc(C(=O)CCC(=O)c2csc(-c3csc4c(F)cccc34)n2)cc1OC. The lowest BCUT2D eigenvalue weighted by molar-refractivity contribution is 0.0915. The van der Waals surface area contributed by atoms with Crippen LogP contribution in [0.2, 0.25) is 0 Å². The molecule has 0 saturated carbocycles. The number of ether oxygens (including phenoxy) is 2. The van der Waals surface area contributed by atoms with E-state index < -0.39 is 0 Å². The van der Waals surface area contributed by atoms with E-state index in [0.29, 0.717) is 32.5 Å². The molecule has 8 heteroatoms. The van der Waals surface area contributed by atoms with Gasteiger partial charge in [-0.25, -0.2) is 9.37 Å². The van der Waals surface area contributed by atoms with E-state index in [9.17, 15) is 14.0 Å². The Hall–Kier alpha value is -3.10. The molecule has 2 aromatic heterocycles. The van der Waals surface area contributed by atoms with Gasteiger partial charge in [-0.05, 0) is 24.3 Å². The fourth-order valence-electron chi connectivity index (χ4n) is 3.22. The molecule has 0 aliphatic carbocycles. The van der Waals surface area contributed by atoms with Gasteiger partial charge in [0.15, 0.2) is 23.1 Å². The summed E-state index contributed by atoms with van der Waals surface area (Å²) in [7, 11) is 3.02. The Labute approximate surface area is 186 Å². The largest absolute Gasteiger partial charge is 0.493 e. The van der Waals surface area contributed by atoms with Crippen LogP contribution in [0.3, 0.4) is 0 Å². The number of nitrogens with zero attached hydrogens (tertiary/aromatic N) is 1. The van der Waals surface area contributed by atoms with Gasteiger partial charge in [0.05, 0.1) is 18.9 Å². The number of aromatic nitrogens is 1. The van der Waals surface area contributed by atoms with Gasteiger partial charge in [-0.1, -0.05) is 12.1 Å². The third kappa shape index (κ3) is 4.22. The van der Waals surface area contributed by atoms with E-state index in [4.69, 9.17) is 9.47 Å². The van der Waals surface area contributed by atoms with E-state index >= 15 is 0 Å². The minimum Gasteiger partial charge on any atom is -0.493 e. The Morgan fingerprint density at radius 1 is 0.968 bits per heavy atom. The summed E-state index contributed by atoms with van der Waals surface area (Å²) < 4.78 is 24.9. The molecule has 4 aromatic rings. The van der Waals surface area contributed by atoms with Gasteiger partial charge in [-0.2, -0.15) is 0 Å². The zero-order valence-electron chi connectivity index (χ0n) is 16.8. The zero-order valence-corrected chi connectivity index (χ0v) is 18.4. The maximum absolute atomic E-state index is 13.9. The van der Waals surface area contributed by atoms with E-state index in [2.05, 4.69) is 4.98 Å². The lowest BCUT2D eigenvalue weighted by atomic mass is 10.0. The number of ketones is 2. The lowest BCUT2D eigenvalue weighted by Gasteiger charge is -2.08. The minimum absolute atomic E-state index is 0.0510. The quantitative estimate of drug-likeness (QED) is 0.304. The summed E-state index contributed by atoms with van der Waals surface area (Å²) in [6.45, 7) is 0. The Kier molecular flexibility index (Phi) is 6.11. The van der Waals surface area contributed by atoms with Gasteiger partial charge >= 0.3 is 0 Å². The number of carbonyl (C=O) groups is 2. The summed E-state index contributed by atoms with van der Waals surface area (Å²) in [4.78, 5) is 29.6. The van der Waals surface area contributed by atoms with Crippen LogP contribution in [0, 0.1) is 5.82 Å². The number of thiazole rings is 1. The van der Waals surface area contributed by atoms with Crippen LogP contribution in [0.5, 0.6) is 11.5 Å². The molecule has 0 bridgehead atoms. The van der Waals surface area contributed by atoms with Gasteiger partial charge < -0.3 is 9.47 Å². The van der Waals surface area contributed by atoms with E-state index in [1.165, 1.54) is 43.0 Å². The number of fused-ring (bicyclic) bond motifs is 1. The van der Waals surface area contributed by atoms with Crippen molar-refractivity contribution >= 4 is 44.3 Å². The zero-order chi connectivity index (χ0) is 22.0. The number of halogens is 1. The Balaban J connectivity index is 1.46. The minimum atomic E-state index is -0.268. The van der Waals surface area contributed by atoms with E-state index in [1.54, 1.807) is 29.6 Å². The monoisotopic (exact) mass is 455 g/mol. The molecule has 0 N–H and O–H groups in total. The molecule has 158 valence electrons. The van der Waals surface area contributed by atoms with Crippen molar-refractivity contribution in [1.29, 1.82) is 0 Å². The molecule has 0 unspecified atom stereocenters. The molecule has 2 aromatic carbocycles. The third-order valence-electron chi connectivity index (χ3n) is 4.86. The van der Waals surface area contributed by atoms with Gasteiger partial charge in [0, 0.05) is 40.1 Å². The second kappa shape index (κ2) is 8.95. The van der Waals surface area contributed by atoms with Gasteiger partial charge in [0.1, 0.15) is 16.5 Å². The average Bonchev–Trinajstić information content (AvgIpc) is 3.44. The molecule has 0 aliphatic heterocycles. The molecular formula is C23H18FNO4S2. The van der Waals surface area contributed by atoms with Crippen LogP contribution in [0.15, 0.2) is 47.2 Å². The summed E-state index contributed by atoms with van der Waals surface area (Å²) in [6.07, 6.45) is 0.114. The van der Waals surface area contributed by atoms with Crippen LogP contribution in [0.25, 0.3) is 20.7 Å².